The summed E-state index contributed by atoms with van der Waals surface area (Å²) in [5, 5.41) is 2.65. The maximum absolute atomic E-state index is 12.9. The molecule has 1 aromatic heterocycles. The van der Waals surface area contributed by atoms with Gasteiger partial charge in [-0.15, -0.1) is 0 Å². The minimum Gasteiger partial charge on any atom is -0.459 e. The number of amides is 3. The monoisotopic (exact) mass is 430 g/mol. The van der Waals surface area contributed by atoms with Gasteiger partial charge in [-0.1, -0.05) is 48.5 Å². The lowest BCUT2D eigenvalue weighted by Crippen LogP contribution is -2.68. The van der Waals surface area contributed by atoms with Crippen molar-refractivity contribution in [3.63, 3.8) is 0 Å². The maximum atomic E-state index is 12.9. The fraction of sp³-hybridized carbons (Fsp3) is 0.167. The number of carbonyl (C=O) groups excluding carboxylic acids is 3. The topological polar surface area (TPSA) is 115 Å². The van der Waals surface area contributed by atoms with Crippen molar-refractivity contribution in [2.24, 2.45) is 5.92 Å². The van der Waals surface area contributed by atoms with E-state index in [0.29, 0.717) is 11.5 Å². The third kappa shape index (κ3) is 4.59. The van der Waals surface area contributed by atoms with Crippen LogP contribution in [0.5, 0.6) is 0 Å². The zero-order valence-corrected chi connectivity index (χ0v) is 17.2. The van der Waals surface area contributed by atoms with Gasteiger partial charge < -0.3 is 15.8 Å². The molecule has 2 heterocycles. The Labute approximate surface area is 185 Å². The molecule has 1 aliphatic rings. The van der Waals surface area contributed by atoms with Crippen molar-refractivity contribution in [1.29, 1.82) is 0 Å². The van der Waals surface area contributed by atoms with Crippen molar-refractivity contribution in [2.45, 2.75) is 19.1 Å². The SMILES string of the molecule is Nc1cc(C[C@H]2C(=O)N(C(=O)Nc3ccccc3)[C@@H]2C(=O)OCc2ccccc2)ccn1. The first-order valence-corrected chi connectivity index (χ1v) is 10.1. The number of benzene rings is 2. The number of anilines is 2. The van der Waals surface area contributed by atoms with E-state index in [4.69, 9.17) is 10.5 Å². The van der Waals surface area contributed by atoms with Crippen molar-refractivity contribution in [1.82, 2.24) is 9.88 Å². The number of nitrogens with zero attached hydrogens (tertiary/aromatic N) is 2. The minimum atomic E-state index is -1.04. The van der Waals surface area contributed by atoms with Gasteiger partial charge in [-0.05, 0) is 41.8 Å². The third-order valence-corrected chi connectivity index (χ3v) is 5.22. The average molecular weight is 430 g/mol. The van der Waals surface area contributed by atoms with Gasteiger partial charge in [0, 0.05) is 11.9 Å². The second-order valence-corrected chi connectivity index (χ2v) is 7.44. The molecule has 0 unspecified atom stereocenters. The summed E-state index contributed by atoms with van der Waals surface area (Å²) >= 11 is 0. The molecule has 0 bridgehead atoms. The highest BCUT2D eigenvalue weighted by Crippen LogP contribution is 2.32. The van der Waals surface area contributed by atoms with E-state index in [1.807, 2.05) is 36.4 Å². The molecular weight excluding hydrogens is 408 g/mol. The molecule has 3 N–H and O–H groups in total. The summed E-state index contributed by atoms with van der Waals surface area (Å²) in [6.45, 7) is 0.0490. The van der Waals surface area contributed by atoms with Crippen LogP contribution in [0.15, 0.2) is 79.0 Å². The maximum Gasteiger partial charge on any atom is 0.330 e. The Hall–Kier alpha value is -4.20. The summed E-state index contributed by atoms with van der Waals surface area (Å²) in [6.07, 6.45) is 1.78. The number of esters is 1. The molecule has 8 heteroatoms. The quantitative estimate of drug-likeness (QED) is 0.459. The lowest BCUT2D eigenvalue weighted by molar-refractivity contribution is -0.170. The molecule has 4 rings (SSSR count). The van der Waals surface area contributed by atoms with Crippen molar-refractivity contribution in [3.05, 3.63) is 90.1 Å². The molecule has 2 aromatic carbocycles. The van der Waals surface area contributed by atoms with Crippen molar-refractivity contribution >= 4 is 29.4 Å². The number of aromatic nitrogens is 1. The van der Waals surface area contributed by atoms with Gasteiger partial charge in [0.1, 0.15) is 12.4 Å². The number of nitrogens with one attached hydrogen (secondary N) is 1. The van der Waals surface area contributed by atoms with E-state index in [2.05, 4.69) is 10.3 Å². The Morgan fingerprint density at radius 1 is 1.00 bits per heavy atom. The van der Waals surface area contributed by atoms with E-state index < -0.39 is 29.9 Å². The number of rotatable bonds is 6. The van der Waals surface area contributed by atoms with Crippen LogP contribution < -0.4 is 11.1 Å². The van der Waals surface area contributed by atoms with Crippen LogP contribution in [0.3, 0.4) is 0 Å². The van der Waals surface area contributed by atoms with Gasteiger partial charge in [-0.2, -0.15) is 0 Å². The number of hydrogen-bond donors (Lipinski definition) is 2. The average Bonchev–Trinajstić information content (AvgIpc) is 2.80. The van der Waals surface area contributed by atoms with Crippen LogP contribution in [0.4, 0.5) is 16.3 Å². The molecule has 0 aliphatic carbocycles. The van der Waals surface area contributed by atoms with Gasteiger partial charge >= 0.3 is 12.0 Å². The predicted octanol–water partition coefficient (Wildman–Crippen LogP) is 3.01. The summed E-state index contributed by atoms with van der Waals surface area (Å²) < 4.78 is 5.45. The van der Waals surface area contributed by atoms with Gasteiger partial charge in [0.2, 0.25) is 5.91 Å². The summed E-state index contributed by atoms with van der Waals surface area (Å²) in [4.78, 5) is 43.5. The zero-order chi connectivity index (χ0) is 22.5. The molecule has 1 saturated heterocycles. The Morgan fingerprint density at radius 2 is 1.69 bits per heavy atom. The molecule has 3 aromatic rings. The molecule has 32 heavy (non-hydrogen) atoms. The second-order valence-electron chi connectivity index (χ2n) is 7.44. The van der Waals surface area contributed by atoms with Crippen LogP contribution in [-0.4, -0.2) is 33.8 Å². The Balaban J connectivity index is 1.52. The number of imide groups is 1. The van der Waals surface area contributed by atoms with E-state index in [1.54, 1.807) is 36.4 Å². The summed E-state index contributed by atoms with van der Waals surface area (Å²) in [6, 6.07) is 19.6. The van der Waals surface area contributed by atoms with E-state index in [0.717, 1.165) is 16.0 Å². The largest absolute Gasteiger partial charge is 0.459 e. The van der Waals surface area contributed by atoms with Gasteiger partial charge in [-0.25, -0.2) is 19.5 Å². The second kappa shape index (κ2) is 9.30. The highest BCUT2D eigenvalue weighted by atomic mass is 16.5. The van der Waals surface area contributed by atoms with Crippen LogP contribution in [0.1, 0.15) is 11.1 Å². The van der Waals surface area contributed by atoms with Crippen LogP contribution in [0.25, 0.3) is 0 Å². The number of pyridine rings is 1. The lowest BCUT2D eigenvalue weighted by Gasteiger charge is -2.43. The third-order valence-electron chi connectivity index (χ3n) is 5.22. The normalized spacial score (nSPS) is 17.4. The highest BCUT2D eigenvalue weighted by Gasteiger charge is 2.55. The fourth-order valence-electron chi connectivity index (χ4n) is 3.64. The first kappa shape index (κ1) is 21.0. The molecule has 0 radical (unpaired) electrons. The van der Waals surface area contributed by atoms with Crippen molar-refractivity contribution in [3.8, 4) is 0 Å². The van der Waals surface area contributed by atoms with Crippen LogP contribution in [0.2, 0.25) is 0 Å². The summed E-state index contributed by atoms with van der Waals surface area (Å²) in [5.74, 6) is -1.50. The first-order chi connectivity index (χ1) is 15.5. The Kier molecular flexibility index (Phi) is 6.12. The summed E-state index contributed by atoms with van der Waals surface area (Å²) in [5.41, 5.74) is 7.81. The van der Waals surface area contributed by atoms with E-state index >= 15 is 0 Å². The van der Waals surface area contributed by atoms with Gasteiger partial charge in [-0.3, -0.25) is 4.79 Å². The number of nitrogen functional groups attached to an aromatic ring is 1. The van der Waals surface area contributed by atoms with Gasteiger partial charge in [0.15, 0.2) is 6.04 Å². The van der Waals surface area contributed by atoms with Gasteiger partial charge in [0.25, 0.3) is 0 Å². The number of hydrogen-bond acceptors (Lipinski definition) is 6. The van der Waals surface area contributed by atoms with Crippen molar-refractivity contribution < 1.29 is 19.1 Å². The van der Waals surface area contributed by atoms with Gasteiger partial charge in [0.05, 0.1) is 5.92 Å². The molecule has 8 nitrogen and oxygen atoms in total. The minimum absolute atomic E-state index is 0.0490. The number of β-lactam (4-membered cyclic amide) rings is 1. The zero-order valence-electron chi connectivity index (χ0n) is 17.2. The Morgan fingerprint density at radius 3 is 2.38 bits per heavy atom. The number of nitrogens with two attached hydrogens (primary N) is 1. The van der Waals surface area contributed by atoms with E-state index in [-0.39, 0.29) is 13.0 Å². The molecule has 2 atom stereocenters. The molecule has 162 valence electrons. The Bertz CT molecular complexity index is 1120. The van der Waals surface area contributed by atoms with Crippen LogP contribution in [-0.2, 0) is 27.4 Å². The van der Waals surface area contributed by atoms with Crippen molar-refractivity contribution in [2.75, 3.05) is 11.1 Å². The lowest BCUT2D eigenvalue weighted by atomic mass is 9.82. The molecular formula is C24H22N4O4. The standard InChI is InChI=1S/C24H22N4O4/c25-20-14-17(11-12-26-20)13-19-21(23(30)32-15-16-7-3-1-4-8-16)28(22(19)29)24(31)27-18-9-5-2-6-10-18/h1-12,14,19,21H,13,15H2,(H2,25,26)(H,27,31)/t19-,21+/m1/s1. The molecule has 0 saturated carbocycles. The van der Waals surface area contributed by atoms with E-state index in [1.165, 1.54) is 6.20 Å². The predicted molar refractivity (Wildman–Crippen MR) is 118 cm³/mol. The molecule has 3 amide bonds. The number of urea groups is 1. The molecule has 1 fully saturated rings. The number of para-hydroxylation sites is 1. The van der Waals surface area contributed by atoms with E-state index in [9.17, 15) is 14.4 Å². The van der Waals surface area contributed by atoms with Crippen LogP contribution in [0, 0.1) is 5.92 Å². The fourth-order valence-corrected chi connectivity index (χ4v) is 3.64. The highest BCUT2D eigenvalue weighted by molar-refractivity contribution is 6.11. The number of ether oxygens (including phenoxy) is 1. The molecule has 0 spiro atoms. The first-order valence-electron chi connectivity index (χ1n) is 10.1. The summed E-state index contributed by atoms with van der Waals surface area (Å²) in [7, 11) is 0. The smallest absolute Gasteiger partial charge is 0.330 e. The molecule has 1 aliphatic heterocycles. The number of likely N-dealkylation sites (tertiary alicyclic amines) is 1. The van der Waals surface area contributed by atoms with Crippen LogP contribution >= 0.6 is 0 Å². The number of carbonyl (C=O) groups is 3.